The summed E-state index contributed by atoms with van der Waals surface area (Å²) in [6, 6.07) is 22.5. The van der Waals surface area contributed by atoms with E-state index in [9.17, 15) is 14.7 Å². The number of aliphatic hydroxyl groups excluding tert-OH is 1. The first-order chi connectivity index (χ1) is 17.6. The number of likely N-dealkylation sites (tertiary alicyclic amines) is 1. The van der Waals surface area contributed by atoms with Gasteiger partial charge in [0.2, 0.25) is 5.91 Å². The third-order valence-electron chi connectivity index (χ3n) is 6.53. The third kappa shape index (κ3) is 3.95. The van der Waals surface area contributed by atoms with Crippen LogP contribution in [0.1, 0.15) is 11.6 Å². The molecule has 4 aromatic rings. The first-order valence-corrected chi connectivity index (χ1v) is 11.6. The van der Waals surface area contributed by atoms with E-state index in [2.05, 4.69) is 0 Å². The Labute approximate surface area is 207 Å². The molecular weight excluding hydrogens is 460 g/mol. The summed E-state index contributed by atoms with van der Waals surface area (Å²) in [4.78, 5) is 28.2. The number of carbonyl (C=O) groups excluding carboxylic acids is 1. The molecule has 1 N–H and O–H groups in total. The number of aliphatic hydroxyl groups is 1. The highest BCUT2D eigenvalue weighted by molar-refractivity contribution is 5.89. The average Bonchev–Trinajstić information content (AvgIpc) is 3.26. The fraction of sp³-hybridized carbons (Fsp3) is 0.214. The van der Waals surface area contributed by atoms with Crippen molar-refractivity contribution in [1.82, 2.24) is 9.47 Å². The van der Waals surface area contributed by atoms with Gasteiger partial charge in [0, 0.05) is 29.3 Å². The van der Waals surface area contributed by atoms with Crippen molar-refractivity contribution in [1.29, 1.82) is 0 Å². The molecule has 3 aromatic carbocycles. The summed E-state index contributed by atoms with van der Waals surface area (Å²) in [5, 5.41) is 10.3. The molecule has 1 aliphatic heterocycles. The molecule has 0 saturated carbocycles. The number of carbonyl (C=O) groups is 1. The number of β-lactam (4-membered cyclic amide) rings is 1. The number of nitrogens with zero attached hydrogens (tertiary/aromatic N) is 2. The number of hydrogen-bond donors (Lipinski definition) is 1. The van der Waals surface area contributed by atoms with Crippen LogP contribution in [0.2, 0.25) is 0 Å². The molecule has 2 atom stereocenters. The first kappa shape index (κ1) is 23.4. The number of oxazole rings is 1. The minimum atomic E-state index is -0.900. The second-order valence-electron chi connectivity index (χ2n) is 8.49. The van der Waals surface area contributed by atoms with Gasteiger partial charge in [-0.3, -0.25) is 9.36 Å². The van der Waals surface area contributed by atoms with E-state index >= 15 is 0 Å². The number of ether oxygens (including phenoxy) is 2. The van der Waals surface area contributed by atoms with E-state index in [1.54, 1.807) is 31.3 Å². The smallest absolute Gasteiger partial charge is 0.420 e. The molecule has 8 nitrogen and oxygen atoms in total. The van der Waals surface area contributed by atoms with Crippen LogP contribution in [0.15, 0.2) is 88.1 Å². The molecule has 1 aliphatic rings. The molecule has 1 fully saturated rings. The number of methoxy groups -OCH3 is 2. The number of amides is 1. The summed E-state index contributed by atoms with van der Waals surface area (Å²) in [6.45, 7) is -0.103. The molecule has 1 saturated heterocycles. The van der Waals surface area contributed by atoms with E-state index in [1.807, 2.05) is 66.7 Å². The van der Waals surface area contributed by atoms with E-state index in [0.717, 1.165) is 16.7 Å². The van der Waals surface area contributed by atoms with Crippen molar-refractivity contribution in [3.8, 4) is 34.1 Å². The van der Waals surface area contributed by atoms with Crippen molar-refractivity contribution in [2.75, 3.05) is 20.8 Å². The highest BCUT2D eigenvalue weighted by atomic mass is 16.5. The zero-order valence-corrected chi connectivity index (χ0v) is 20.0. The van der Waals surface area contributed by atoms with Crippen LogP contribution in [0, 0.1) is 0 Å². The summed E-state index contributed by atoms with van der Waals surface area (Å²) in [5.41, 5.74) is 2.72. The SMILES string of the molecule is COc1ccc(CN2C(=O)[C@@H](n3c(-c4ccccc4)c(-c4ccccc4)oc3=O)[C@H]2CO)c(OC)c1. The lowest BCUT2D eigenvalue weighted by molar-refractivity contribution is -0.158. The van der Waals surface area contributed by atoms with Crippen LogP contribution in [0.4, 0.5) is 0 Å². The van der Waals surface area contributed by atoms with Gasteiger partial charge < -0.3 is 23.9 Å². The van der Waals surface area contributed by atoms with Gasteiger partial charge in [0.25, 0.3) is 0 Å². The molecule has 0 unspecified atom stereocenters. The van der Waals surface area contributed by atoms with Crippen LogP contribution in [-0.2, 0) is 11.3 Å². The third-order valence-corrected chi connectivity index (χ3v) is 6.53. The quantitative estimate of drug-likeness (QED) is 0.382. The molecule has 1 aromatic heterocycles. The van der Waals surface area contributed by atoms with Crippen LogP contribution in [0.25, 0.3) is 22.6 Å². The Balaban J connectivity index is 1.55. The Kier molecular flexibility index (Phi) is 6.35. The molecule has 0 radical (unpaired) electrons. The lowest BCUT2D eigenvalue weighted by Crippen LogP contribution is -2.63. The molecule has 184 valence electrons. The van der Waals surface area contributed by atoms with Crippen LogP contribution in [-0.4, -0.2) is 47.3 Å². The Hall–Kier alpha value is -4.30. The fourth-order valence-electron chi connectivity index (χ4n) is 4.72. The normalized spacial score (nSPS) is 17.1. The molecule has 2 heterocycles. The Morgan fingerprint density at radius 3 is 2.17 bits per heavy atom. The van der Waals surface area contributed by atoms with Gasteiger partial charge in [-0.25, -0.2) is 4.79 Å². The molecule has 0 aliphatic carbocycles. The molecule has 5 rings (SSSR count). The highest BCUT2D eigenvalue weighted by Gasteiger charge is 2.50. The van der Waals surface area contributed by atoms with E-state index in [-0.39, 0.29) is 19.1 Å². The summed E-state index contributed by atoms with van der Waals surface area (Å²) in [6.07, 6.45) is 0. The zero-order valence-electron chi connectivity index (χ0n) is 20.0. The van der Waals surface area contributed by atoms with E-state index in [4.69, 9.17) is 13.9 Å². The van der Waals surface area contributed by atoms with E-state index < -0.39 is 17.8 Å². The summed E-state index contributed by atoms with van der Waals surface area (Å²) in [5.74, 6) is 0.650. The van der Waals surface area contributed by atoms with Crippen LogP contribution >= 0.6 is 0 Å². The second kappa shape index (κ2) is 9.75. The van der Waals surface area contributed by atoms with Gasteiger partial charge >= 0.3 is 5.76 Å². The Bertz CT molecular complexity index is 1430. The van der Waals surface area contributed by atoms with Crippen molar-refractivity contribution < 1.29 is 23.8 Å². The summed E-state index contributed by atoms with van der Waals surface area (Å²) >= 11 is 0. The van der Waals surface area contributed by atoms with Gasteiger partial charge in [0.1, 0.15) is 17.5 Å². The van der Waals surface area contributed by atoms with Crippen LogP contribution in [0.5, 0.6) is 11.5 Å². The number of benzene rings is 3. The van der Waals surface area contributed by atoms with Gasteiger partial charge in [0.15, 0.2) is 5.76 Å². The molecular formula is C28H26N2O6. The first-order valence-electron chi connectivity index (χ1n) is 11.6. The number of rotatable bonds is 8. The van der Waals surface area contributed by atoms with Gasteiger partial charge in [-0.2, -0.15) is 0 Å². The summed E-state index contributed by atoms with van der Waals surface area (Å²) < 4.78 is 17.8. The lowest BCUT2D eigenvalue weighted by Gasteiger charge is -2.46. The monoisotopic (exact) mass is 486 g/mol. The fourth-order valence-corrected chi connectivity index (χ4v) is 4.72. The van der Waals surface area contributed by atoms with Crippen molar-refractivity contribution in [3.63, 3.8) is 0 Å². The lowest BCUT2D eigenvalue weighted by atomic mass is 9.93. The number of hydrogen-bond acceptors (Lipinski definition) is 6. The maximum absolute atomic E-state index is 13.5. The molecule has 1 amide bonds. The predicted molar refractivity (Wildman–Crippen MR) is 134 cm³/mol. The van der Waals surface area contributed by atoms with Gasteiger partial charge in [-0.05, 0) is 12.1 Å². The molecule has 8 heteroatoms. The Morgan fingerprint density at radius 1 is 0.889 bits per heavy atom. The predicted octanol–water partition coefficient (Wildman–Crippen LogP) is 3.74. The minimum Gasteiger partial charge on any atom is -0.497 e. The minimum absolute atomic E-state index is 0.215. The summed E-state index contributed by atoms with van der Waals surface area (Å²) in [7, 11) is 3.11. The van der Waals surface area contributed by atoms with Crippen molar-refractivity contribution in [3.05, 3.63) is 95.0 Å². The van der Waals surface area contributed by atoms with Gasteiger partial charge in [0.05, 0.1) is 32.6 Å². The van der Waals surface area contributed by atoms with E-state index in [1.165, 1.54) is 4.57 Å². The Morgan fingerprint density at radius 2 is 1.56 bits per heavy atom. The average molecular weight is 487 g/mol. The maximum atomic E-state index is 13.5. The molecule has 0 spiro atoms. The van der Waals surface area contributed by atoms with Crippen molar-refractivity contribution in [2.24, 2.45) is 0 Å². The van der Waals surface area contributed by atoms with Gasteiger partial charge in [-0.15, -0.1) is 0 Å². The van der Waals surface area contributed by atoms with Gasteiger partial charge in [-0.1, -0.05) is 60.7 Å². The van der Waals surface area contributed by atoms with Crippen LogP contribution in [0.3, 0.4) is 0 Å². The van der Waals surface area contributed by atoms with Crippen molar-refractivity contribution in [2.45, 2.75) is 18.6 Å². The largest absolute Gasteiger partial charge is 0.497 e. The zero-order chi connectivity index (χ0) is 25.2. The highest BCUT2D eigenvalue weighted by Crippen LogP contribution is 2.40. The second-order valence-corrected chi connectivity index (χ2v) is 8.49. The van der Waals surface area contributed by atoms with E-state index in [0.29, 0.717) is 23.0 Å². The molecule has 36 heavy (non-hydrogen) atoms. The molecule has 0 bridgehead atoms. The van der Waals surface area contributed by atoms with Crippen molar-refractivity contribution >= 4 is 5.91 Å². The standard InChI is InChI=1S/C28H26N2O6/c1-34-21-14-13-20(23(15-21)35-2)16-29-22(17-31)25(27(29)32)30-24(18-9-5-3-6-10-18)26(36-28(30)33)19-11-7-4-8-12-19/h3-15,22,25,31H,16-17H2,1-2H3/t22-,25+/m1/s1. The maximum Gasteiger partial charge on any atom is 0.420 e. The van der Waals surface area contributed by atoms with Crippen LogP contribution < -0.4 is 15.2 Å². The topological polar surface area (TPSA) is 94.1 Å². The number of aromatic nitrogens is 1.